The molecule has 1 N–H and O–H groups in total. The Balaban J connectivity index is 1.72. The average Bonchev–Trinajstić information content (AvgIpc) is 2.85. The van der Waals surface area contributed by atoms with Gasteiger partial charge in [-0.15, -0.1) is 0 Å². The summed E-state index contributed by atoms with van der Waals surface area (Å²) in [4.78, 5) is 0. The minimum absolute atomic E-state index is 0.259. The minimum atomic E-state index is 0.259. The molecule has 0 amide bonds. The van der Waals surface area contributed by atoms with Crippen LogP contribution in [0.25, 0.3) is 0 Å². The molecule has 0 spiro atoms. The van der Waals surface area contributed by atoms with Crippen molar-refractivity contribution < 1.29 is 0 Å². The van der Waals surface area contributed by atoms with Crippen LogP contribution >= 0.6 is 0 Å². The van der Waals surface area contributed by atoms with Gasteiger partial charge < -0.3 is 5.32 Å². The van der Waals surface area contributed by atoms with Gasteiger partial charge in [0.1, 0.15) is 0 Å². The van der Waals surface area contributed by atoms with Crippen molar-refractivity contribution in [2.75, 3.05) is 0 Å². The molecule has 104 valence electrons. The lowest BCUT2D eigenvalue weighted by Crippen LogP contribution is -2.40. The number of nitrogens with one attached hydrogen (secondary N) is 1. The van der Waals surface area contributed by atoms with Crippen molar-refractivity contribution in [3.05, 3.63) is 35.4 Å². The number of rotatable bonds is 1. The van der Waals surface area contributed by atoms with Crippen molar-refractivity contribution >= 4 is 0 Å². The molecule has 2 aliphatic rings. The first-order chi connectivity index (χ1) is 9.04. The molecule has 3 unspecified atom stereocenters. The van der Waals surface area contributed by atoms with Gasteiger partial charge in [0.15, 0.2) is 0 Å². The van der Waals surface area contributed by atoms with E-state index in [1.54, 1.807) is 0 Å². The molecule has 0 radical (unpaired) electrons. The van der Waals surface area contributed by atoms with Crippen LogP contribution in [-0.2, 0) is 5.41 Å². The normalized spacial score (nSPS) is 31.2. The highest BCUT2D eigenvalue weighted by Gasteiger charge is 2.33. The summed E-state index contributed by atoms with van der Waals surface area (Å²) in [6.45, 7) is 6.85. The van der Waals surface area contributed by atoms with Crippen molar-refractivity contribution in [3.63, 3.8) is 0 Å². The summed E-state index contributed by atoms with van der Waals surface area (Å²) in [6, 6.07) is 10.7. The Morgan fingerprint density at radius 3 is 2.37 bits per heavy atom. The van der Waals surface area contributed by atoms with E-state index in [0.717, 1.165) is 12.0 Å². The summed E-state index contributed by atoms with van der Waals surface area (Å²) in [7, 11) is 0. The molecular weight excluding hydrogens is 230 g/mol. The predicted molar refractivity (Wildman–Crippen MR) is 81.4 cm³/mol. The zero-order chi connectivity index (χ0) is 13.5. The lowest BCUT2D eigenvalue weighted by atomic mass is 9.84. The molecule has 1 aliphatic carbocycles. The number of fused-ring (bicyclic) bond motifs is 1. The molecule has 1 aromatic rings. The van der Waals surface area contributed by atoms with Crippen LogP contribution < -0.4 is 5.32 Å². The van der Waals surface area contributed by atoms with Crippen LogP contribution in [0.3, 0.4) is 0 Å². The largest absolute Gasteiger partial charge is 0.307 e. The smallest absolute Gasteiger partial charge is 0.0322 e. The maximum absolute atomic E-state index is 3.89. The van der Waals surface area contributed by atoms with Gasteiger partial charge >= 0.3 is 0 Å². The van der Waals surface area contributed by atoms with Gasteiger partial charge in [0.05, 0.1) is 0 Å². The van der Waals surface area contributed by atoms with E-state index in [2.05, 4.69) is 50.4 Å². The Bertz CT molecular complexity index is 426. The van der Waals surface area contributed by atoms with E-state index in [9.17, 15) is 0 Å². The second-order valence-electron chi connectivity index (χ2n) is 7.47. The van der Waals surface area contributed by atoms with Crippen LogP contribution in [0.15, 0.2) is 24.3 Å². The lowest BCUT2D eigenvalue weighted by molar-refractivity contribution is 0.261. The van der Waals surface area contributed by atoms with E-state index in [1.807, 2.05) is 0 Å². The van der Waals surface area contributed by atoms with Crippen LogP contribution in [-0.4, -0.2) is 6.04 Å². The molecular formula is C18H27N. The number of hydrogen-bond acceptors (Lipinski definition) is 1. The van der Waals surface area contributed by atoms with E-state index in [1.165, 1.54) is 43.2 Å². The zero-order valence-corrected chi connectivity index (χ0v) is 12.6. The standard InChI is InChI=1S/C18H27N/c1-18(2,3)15-10-7-14(8-11-15)17-12-9-13-5-4-6-16(13)19-17/h7-8,10-11,13,16-17,19H,4-6,9,12H2,1-3H3. The third-order valence-corrected chi connectivity index (χ3v) is 5.08. The van der Waals surface area contributed by atoms with Gasteiger partial charge in [-0.1, -0.05) is 51.5 Å². The molecule has 0 bridgehead atoms. The predicted octanol–water partition coefficient (Wildman–Crippen LogP) is 4.58. The molecule has 1 aliphatic heterocycles. The molecule has 1 saturated heterocycles. The molecule has 3 atom stereocenters. The first kappa shape index (κ1) is 13.2. The highest BCUT2D eigenvalue weighted by molar-refractivity contribution is 5.29. The number of benzene rings is 1. The van der Waals surface area contributed by atoms with Gasteiger partial charge in [-0.25, -0.2) is 0 Å². The summed E-state index contributed by atoms with van der Waals surface area (Å²) >= 11 is 0. The fraction of sp³-hybridized carbons (Fsp3) is 0.667. The van der Waals surface area contributed by atoms with Gasteiger partial charge in [-0.05, 0) is 48.1 Å². The van der Waals surface area contributed by atoms with Crippen LogP contribution in [0.5, 0.6) is 0 Å². The van der Waals surface area contributed by atoms with E-state index in [-0.39, 0.29) is 5.41 Å². The number of piperidine rings is 1. The minimum Gasteiger partial charge on any atom is -0.307 e. The molecule has 1 aromatic carbocycles. The zero-order valence-electron chi connectivity index (χ0n) is 12.6. The Morgan fingerprint density at radius 2 is 1.68 bits per heavy atom. The molecule has 1 heterocycles. The van der Waals surface area contributed by atoms with E-state index < -0.39 is 0 Å². The first-order valence-electron chi connectivity index (χ1n) is 7.90. The quantitative estimate of drug-likeness (QED) is 0.776. The van der Waals surface area contributed by atoms with Crippen LogP contribution in [0.2, 0.25) is 0 Å². The van der Waals surface area contributed by atoms with Crippen molar-refractivity contribution in [2.24, 2.45) is 5.92 Å². The summed E-state index contributed by atoms with van der Waals surface area (Å²) in [5.74, 6) is 0.963. The molecule has 1 heteroatoms. The van der Waals surface area contributed by atoms with Gasteiger partial charge in [0.25, 0.3) is 0 Å². The van der Waals surface area contributed by atoms with Gasteiger partial charge in [0.2, 0.25) is 0 Å². The monoisotopic (exact) mass is 257 g/mol. The fourth-order valence-corrected chi connectivity index (χ4v) is 3.80. The highest BCUT2D eigenvalue weighted by Crippen LogP contribution is 2.38. The summed E-state index contributed by atoms with van der Waals surface area (Å²) in [5.41, 5.74) is 3.18. The number of hydrogen-bond donors (Lipinski definition) is 1. The van der Waals surface area contributed by atoms with E-state index in [4.69, 9.17) is 0 Å². The van der Waals surface area contributed by atoms with Gasteiger partial charge in [0, 0.05) is 12.1 Å². The van der Waals surface area contributed by atoms with Crippen molar-refractivity contribution in [1.29, 1.82) is 0 Å². The van der Waals surface area contributed by atoms with Crippen LogP contribution in [0.4, 0.5) is 0 Å². The molecule has 0 aromatic heterocycles. The van der Waals surface area contributed by atoms with Crippen molar-refractivity contribution in [3.8, 4) is 0 Å². The Kier molecular flexibility index (Phi) is 3.42. The van der Waals surface area contributed by atoms with Gasteiger partial charge in [-0.3, -0.25) is 0 Å². The SMILES string of the molecule is CC(C)(C)c1ccc(C2CCC3CCCC3N2)cc1. The third-order valence-electron chi connectivity index (χ3n) is 5.08. The van der Waals surface area contributed by atoms with E-state index in [0.29, 0.717) is 6.04 Å². The second kappa shape index (κ2) is 4.94. The second-order valence-corrected chi connectivity index (χ2v) is 7.47. The third kappa shape index (κ3) is 2.72. The highest BCUT2D eigenvalue weighted by atomic mass is 15.0. The Morgan fingerprint density at radius 1 is 0.947 bits per heavy atom. The first-order valence-corrected chi connectivity index (χ1v) is 7.90. The van der Waals surface area contributed by atoms with Crippen LogP contribution in [0, 0.1) is 5.92 Å². The summed E-state index contributed by atoms with van der Waals surface area (Å²) in [5, 5.41) is 3.89. The fourth-order valence-electron chi connectivity index (χ4n) is 3.80. The Hall–Kier alpha value is -0.820. The van der Waals surface area contributed by atoms with Crippen LogP contribution in [0.1, 0.15) is 70.0 Å². The van der Waals surface area contributed by atoms with Crippen molar-refractivity contribution in [1.82, 2.24) is 5.32 Å². The van der Waals surface area contributed by atoms with E-state index >= 15 is 0 Å². The maximum Gasteiger partial charge on any atom is 0.0322 e. The lowest BCUT2D eigenvalue weighted by Gasteiger charge is -2.34. The van der Waals surface area contributed by atoms with Crippen molar-refractivity contribution in [2.45, 2.75) is 70.4 Å². The summed E-state index contributed by atoms with van der Waals surface area (Å²) < 4.78 is 0. The van der Waals surface area contributed by atoms with Gasteiger partial charge in [-0.2, -0.15) is 0 Å². The maximum atomic E-state index is 3.89. The average molecular weight is 257 g/mol. The molecule has 1 nitrogen and oxygen atoms in total. The topological polar surface area (TPSA) is 12.0 Å². The molecule has 3 rings (SSSR count). The molecule has 19 heavy (non-hydrogen) atoms. The molecule has 2 fully saturated rings. The molecule has 1 saturated carbocycles. The summed E-state index contributed by atoms with van der Waals surface area (Å²) in [6.07, 6.45) is 7.01. The Labute approximate surface area is 117 Å².